The molecule has 0 saturated carbocycles. The molecule has 21 heavy (non-hydrogen) atoms. The molecule has 1 amide bonds. The fourth-order valence-corrected chi connectivity index (χ4v) is 1.93. The molecule has 0 atom stereocenters. The molecule has 0 bridgehead atoms. The Hall–Kier alpha value is -2.55. The summed E-state index contributed by atoms with van der Waals surface area (Å²) in [6.45, 7) is 2.29. The number of carbonyl (C=O) groups excluding carboxylic acids is 1. The van der Waals surface area contributed by atoms with Gasteiger partial charge in [0.25, 0.3) is 0 Å². The molecule has 0 fully saturated rings. The van der Waals surface area contributed by atoms with Gasteiger partial charge < -0.3 is 4.74 Å². The molecule has 0 unspecified atom stereocenters. The number of alkyl carbamates (subject to hydrolysis) is 1. The first-order valence-electron chi connectivity index (χ1n) is 7.03. The smallest absolute Gasteiger partial charge is 0.411 e. The van der Waals surface area contributed by atoms with E-state index in [1.807, 2.05) is 73.7 Å². The van der Waals surface area contributed by atoms with Crippen molar-refractivity contribution in [2.45, 2.75) is 20.0 Å². The molecule has 108 valence electrons. The van der Waals surface area contributed by atoms with E-state index in [1.165, 1.54) is 0 Å². The van der Waals surface area contributed by atoms with Gasteiger partial charge in [-0.15, -0.1) is 0 Å². The molecule has 0 aromatic heterocycles. The molecule has 0 saturated heterocycles. The maximum Gasteiger partial charge on any atom is 0.411 e. The number of allylic oxidation sites excluding steroid dienone is 1. The van der Waals surface area contributed by atoms with Crippen molar-refractivity contribution in [2.75, 3.05) is 0 Å². The van der Waals surface area contributed by atoms with Crippen molar-refractivity contribution in [3.63, 3.8) is 0 Å². The molecule has 0 spiro atoms. The van der Waals surface area contributed by atoms with Gasteiger partial charge in [-0.3, -0.25) is 5.32 Å². The zero-order chi connectivity index (χ0) is 14.9. The van der Waals surface area contributed by atoms with Crippen molar-refractivity contribution in [1.82, 2.24) is 5.32 Å². The highest BCUT2D eigenvalue weighted by Crippen LogP contribution is 2.12. The molecular weight excluding hydrogens is 262 g/mol. The number of rotatable bonds is 5. The summed E-state index contributed by atoms with van der Waals surface area (Å²) in [6.07, 6.45) is 2.37. The first kappa shape index (κ1) is 14.9. The average Bonchev–Trinajstić information content (AvgIpc) is 2.54. The Morgan fingerprint density at radius 2 is 1.67 bits per heavy atom. The van der Waals surface area contributed by atoms with Gasteiger partial charge in [0.15, 0.2) is 0 Å². The van der Waals surface area contributed by atoms with Gasteiger partial charge in [-0.25, -0.2) is 4.79 Å². The van der Waals surface area contributed by atoms with Gasteiger partial charge in [-0.1, -0.05) is 73.7 Å². The molecule has 0 aliphatic rings. The van der Waals surface area contributed by atoms with E-state index in [1.54, 1.807) is 0 Å². The van der Waals surface area contributed by atoms with Gasteiger partial charge in [-0.2, -0.15) is 0 Å². The molecule has 1 N–H and O–H groups in total. The van der Waals surface area contributed by atoms with Crippen LogP contribution in [0.2, 0.25) is 0 Å². The van der Waals surface area contributed by atoms with E-state index in [0.29, 0.717) is 0 Å². The predicted molar refractivity (Wildman–Crippen MR) is 84.5 cm³/mol. The third-order valence-corrected chi connectivity index (χ3v) is 2.94. The van der Waals surface area contributed by atoms with Gasteiger partial charge >= 0.3 is 6.09 Å². The van der Waals surface area contributed by atoms with Gasteiger partial charge in [0.05, 0.1) is 0 Å². The molecule has 3 nitrogen and oxygen atoms in total. The Bertz CT molecular complexity index is 591. The third kappa shape index (κ3) is 4.80. The molecule has 0 aliphatic carbocycles. The molecule has 0 heterocycles. The third-order valence-electron chi connectivity index (χ3n) is 2.94. The summed E-state index contributed by atoms with van der Waals surface area (Å²) in [5, 5.41) is 2.80. The summed E-state index contributed by atoms with van der Waals surface area (Å²) in [6, 6.07) is 19.4. The maximum absolute atomic E-state index is 11.9. The van der Waals surface area contributed by atoms with Crippen LogP contribution in [0.25, 0.3) is 5.70 Å². The highest BCUT2D eigenvalue weighted by molar-refractivity contribution is 5.81. The van der Waals surface area contributed by atoms with Crippen molar-refractivity contribution in [3.05, 3.63) is 77.9 Å². The normalized spacial score (nSPS) is 11.0. The molecule has 2 aromatic rings. The minimum atomic E-state index is -0.442. The second-order valence-corrected chi connectivity index (χ2v) is 4.58. The van der Waals surface area contributed by atoms with Crippen LogP contribution in [0, 0.1) is 0 Å². The molecule has 2 aromatic carbocycles. The van der Waals surface area contributed by atoms with E-state index in [0.717, 1.165) is 23.2 Å². The lowest BCUT2D eigenvalue weighted by atomic mass is 10.1. The molecule has 0 radical (unpaired) electrons. The Labute approximate surface area is 125 Å². The van der Waals surface area contributed by atoms with Gasteiger partial charge in [0.1, 0.15) is 6.61 Å². The van der Waals surface area contributed by atoms with Crippen molar-refractivity contribution in [3.8, 4) is 0 Å². The van der Waals surface area contributed by atoms with E-state index in [9.17, 15) is 4.79 Å². The highest BCUT2D eigenvalue weighted by atomic mass is 16.5. The predicted octanol–water partition coefficient (Wildman–Crippen LogP) is 4.36. The van der Waals surface area contributed by atoms with Crippen LogP contribution in [0.5, 0.6) is 0 Å². The summed E-state index contributed by atoms with van der Waals surface area (Å²) in [4.78, 5) is 11.9. The van der Waals surface area contributed by atoms with Crippen LogP contribution < -0.4 is 5.32 Å². The lowest BCUT2D eigenvalue weighted by Gasteiger charge is -2.11. The van der Waals surface area contributed by atoms with Crippen LogP contribution in [0.15, 0.2) is 66.7 Å². The van der Waals surface area contributed by atoms with Crippen molar-refractivity contribution < 1.29 is 9.53 Å². The van der Waals surface area contributed by atoms with Crippen molar-refractivity contribution in [1.29, 1.82) is 0 Å². The number of carbonyl (C=O) groups is 1. The lowest BCUT2D eigenvalue weighted by Crippen LogP contribution is -2.22. The Balaban J connectivity index is 1.95. The zero-order valence-electron chi connectivity index (χ0n) is 12.1. The highest BCUT2D eigenvalue weighted by Gasteiger charge is 2.07. The van der Waals surface area contributed by atoms with E-state index in [4.69, 9.17) is 4.74 Å². The maximum atomic E-state index is 11.9. The Morgan fingerprint density at radius 1 is 1.05 bits per heavy atom. The average molecular weight is 281 g/mol. The largest absolute Gasteiger partial charge is 0.444 e. The molecule has 3 heteroatoms. The summed E-state index contributed by atoms with van der Waals surface area (Å²) in [5.74, 6) is 0. The molecular formula is C18H19NO2. The van der Waals surface area contributed by atoms with Crippen LogP contribution in [0.3, 0.4) is 0 Å². The van der Waals surface area contributed by atoms with Crippen LogP contribution in [-0.4, -0.2) is 6.09 Å². The Morgan fingerprint density at radius 3 is 2.29 bits per heavy atom. The van der Waals surface area contributed by atoms with E-state index < -0.39 is 6.09 Å². The zero-order valence-corrected chi connectivity index (χ0v) is 12.1. The summed E-state index contributed by atoms with van der Waals surface area (Å²) < 4.78 is 5.24. The minimum absolute atomic E-state index is 0.265. The van der Waals surface area contributed by atoms with Crippen molar-refractivity contribution >= 4 is 11.8 Å². The standard InChI is InChI=1S/C18H19NO2/c1-2-9-17(16-12-7-4-8-13-16)19-18(20)21-14-15-10-5-3-6-11-15/h3-13H,2,14H2,1H3,(H,19,20)/b17-9+. The number of nitrogens with one attached hydrogen (secondary N) is 1. The van der Waals surface area contributed by atoms with Crippen LogP contribution in [-0.2, 0) is 11.3 Å². The van der Waals surface area contributed by atoms with Crippen LogP contribution in [0.1, 0.15) is 24.5 Å². The van der Waals surface area contributed by atoms with E-state index >= 15 is 0 Å². The molecule has 0 aliphatic heterocycles. The number of amides is 1. The number of ether oxygens (including phenoxy) is 1. The second kappa shape index (κ2) is 7.90. The van der Waals surface area contributed by atoms with Crippen LogP contribution in [0.4, 0.5) is 4.79 Å². The number of benzene rings is 2. The first-order chi connectivity index (χ1) is 10.3. The second-order valence-electron chi connectivity index (χ2n) is 4.58. The fourth-order valence-electron chi connectivity index (χ4n) is 1.93. The van der Waals surface area contributed by atoms with Crippen LogP contribution >= 0.6 is 0 Å². The van der Waals surface area contributed by atoms with Gasteiger partial charge in [0.2, 0.25) is 0 Å². The monoisotopic (exact) mass is 281 g/mol. The van der Waals surface area contributed by atoms with Crippen molar-refractivity contribution in [2.24, 2.45) is 0 Å². The summed E-state index contributed by atoms with van der Waals surface area (Å²) >= 11 is 0. The summed E-state index contributed by atoms with van der Waals surface area (Å²) in [7, 11) is 0. The minimum Gasteiger partial charge on any atom is -0.444 e. The number of hydrogen-bond donors (Lipinski definition) is 1. The first-order valence-corrected chi connectivity index (χ1v) is 7.03. The van der Waals surface area contributed by atoms with Gasteiger partial charge in [0, 0.05) is 5.70 Å². The van der Waals surface area contributed by atoms with E-state index in [-0.39, 0.29) is 6.61 Å². The van der Waals surface area contributed by atoms with E-state index in [2.05, 4.69) is 5.32 Å². The quantitative estimate of drug-likeness (QED) is 0.884. The SMILES string of the molecule is CC/C=C(/NC(=O)OCc1ccccc1)c1ccccc1. The lowest BCUT2D eigenvalue weighted by molar-refractivity contribution is 0.144. The molecule has 2 rings (SSSR count). The topological polar surface area (TPSA) is 38.3 Å². The fraction of sp³-hybridized carbons (Fsp3) is 0.167. The summed E-state index contributed by atoms with van der Waals surface area (Å²) in [5.41, 5.74) is 2.71. The Kier molecular flexibility index (Phi) is 5.59. The number of hydrogen-bond acceptors (Lipinski definition) is 2. The van der Waals surface area contributed by atoms with Gasteiger partial charge in [-0.05, 0) is 17.5 Å².